The minimum Gasteiger partial charge on any atom is -0.497 e. The maximum absolute atomic E-state index is 12.6. The number of aryl methyl sites for hydroxylation is 2. The molecule has 0 fully saturated rings. The number of anilines is 1. The SMILES string of the molecule is COc1ccc(C[NH+](C)CC(=O)N(C)CC(=O)Nc2c(C)cccc2C)c(OC)c1. The zero-order valence-corrected chi connectivity index (χ0v) is 18.7. The Morgan fingerprint density at radius 3 is 2.33 bits per heavy atom. The van der Waals surface area contributed by atoms with Gasteiger partial charge in [-0.3, -0.25) is 9.59 Å². The van der Waals surface area contributed by atoms with E-state index in [0.717, 1.165) is 38.8 Å². The van der Waals surface area contributed by atoms with Gasteiger partial charge in [-0.05, 0) is 37.1 Å². The molecule has 1 atom stereocenters. The number of quaternary nitrogens is 1. The highest BCUT2D eigenvalue weighted by atomic mass is 16.5. The van der Waals surface area contributed by atoms with Crippen molar-refractivity contribution in [3.05, 3.63) is 53.1 Å². The van der Waals surface area contributed by atoms with Crippen molar-refractivity contribution in [2.24, 2.45) is 0 Å². The van der Waals surface area contributed by atoms with Gasteiger partial charge in [-0.1, -0.05) is 18.2 Å². The number of methoxy groups -OCH3 is 2. The van der Waals surface area contributed by atoms with Crippen LogP contribution in [0.15, 0.2) is 36.4 Å². The highest BCUT2D eigenvalue weighted by Crippen LogP contribution is 2.23. The van der Waals surface area contributed by atoms with Gasteiger partial charge in [0.25, 0.3) is 5.91 Å². The second-order valence-corrected chi connectivity index (χ2v) is 7.55. The quantitative estimate of drug-likeness (QED) is 0.651. The van der Waals surface area contributed by atoms with Gasteiger partial charge in [0.05, 0.1) is 27.8 Å². The summed E-state index contributed by atoms with van der Waals surface area (Å²) in [5.74, 6) is 1.14. The number of likely N-dealkylation sites (N-methyl/N-ethyl adjacent to an activating group) is 2. The van der Waals surface area contributed by atoms with Crippen molar-refractivity contribution < 1.29 is 24.0 Å². The van der Waals surface area contributed by atoms with Crippen LogP contribution in [-0.4, -0.2) is 58.1 Å². The lowest BCUT2D eigenvalue weighted by Crippen LogP contribution is -3.08. The first kappa shape index (κ1) is 23.2. The topological polar surface area (TPSA) is 72.3 Å². The highest BCUT2D eigenvalue weighted by molar-refractivity contribution is 5.95. The zero-order chi connectivity index (χ0) is 22.3. The van der Waals surface area contributed by atoms with E-state index in [4.69, 9.17) is 9.47 Å². The molecule has 2 amide bonds. The van der Waals surface area contributed by atoms with Gasteiger partial charge in [0.2, 0.25) is 5.91 Å². The molecular weight excluding hydrogens is 382 g/mol. The molecule has 2 aromatic rings. The van der Waals surface area contributed by atoms with Gasteiger partial charge < -0.3 is 24.6 Å². The minimum atomic E-state index is -0.210. The Balaban J connectivity index is 1.91. The van der Waals surface area contributed by atoms with Crippen LogP contribution in [0.25, 0.3) is 0 Å². The predicted molar refractivity (Wildman–Crippen MR) is 117 cm³/mol. The molecule has 2 aromatic carbocycles. The van der Waals surface area contributed by atoms with Crippen LogP contribution in [0, 0.1) is 13.8 Å². The Morgan fingerprint density at radius 1 is 1.07 bits per heavy atom. The molecule has 0 spiro atoms. The second-order valence-electron chi connectivity index (χ2n) is 7.55. The van der Waals surface area contributed by atoms with Crippen molar-refractivity contribution in [2.45, 2.75) is 20.4 Å². The van der Waals surface area contributed by atoms with Gasteiger partial charge in [-0.2, -0.15) is 0 Å². The van der Waals surface area contributed by atoms with E-state index in [1.165, 1.54) is 4.90 Å². The molecule has 0 radical (unpaired) electrons. The van der Waals surface area contributed by atoms with E-state index in [9.17, 15) is 9.59 Å². The monoisotopic (exact) mass is 414 g/mol. The number of hydrogen-bond acceptors (Lipinski definition) is 4. The van der Waals surface area contributed by atoms with Crippen LogP contribution in [0.5, 0.6) is 11.5 Å². The Morgan fingerprint density at radius 2 is 1.73 bits per heavy atom. The molecule has 0 saturated carbocycles. The Hall–Kier alpha value is -3.06. The molecule has 0 aliphatic carbocycles. The Kier molecular flexibility index (Phi) is 8.24. The molecule has 2 rings (SSSR count). The fourth-order valence-electron chi connectivity index (χ4n) is 3.27. The number of carbonyl (C=O) groups excluding carboxylic acids is 2. The normalized spacial score (nSPS) is 11.5. The first-order valence-electron chi connectivity index (χ1n) is 9.87. The molecule has 1 unspecified atom stereocenters. The number of amides is 2. The van der Waals surface area contributed by atoms with Crippen LogP contribution in [0.2, 0.25) is 0 Å². The van der Waals surface area contributed by atoms with Crippen LogP contribution < -0.4 is 19.7 Å². The van der Waals surface area contributed by atoms with Gasteiger partial charge in [-0.25, -0.2) is 0 Å². The summed E-state index contributed by atoms with van der Waals surface area (Å²) in [6, 6.07) is 11.5. The number of hydrogen-bond donors (Lipinski definition) is 2. The molecule has 2 N–H and O–H groups in total. The molecule has 0 bridgehead atoms. The number of rotatable bonds is 9. The average Bonchev–Trinajstić information content (AvgIpc) is 2.70. The number of nitrogens with zero attached hydrogens (tertiary/aromatic N) is 1. The van der Waals surface area contributed by atoms with Crippen molar-refractivity contribution >= 4 is 17.5 Å². The lowest BCUT2D eigenvalue weighted by Gasteiger charge is -2.21. The van der Waals surface area contributed by atoms with Gasteiger partial charge in [0, 0.05) is 24.4 Å². The first-order valence-corrected chi connectivity index (χ1v) is 9.87. The van der Waals surface area contributed by atoms with Crippen molar-refractivity contribution in [1.82, 2.24) is 4.90 Å². The maximum atomic E-state index is 12.6. The van der Waals surface area contributed by atoms with Crippen molar-refractivity contribution in [2.75, 3.05) is 46.7 Å². The molecule has 7 nitrogen and oxygen atoms in total. The molecule has 0 saturated heterocycles. The van der Waals surface area contributed by atoms with E-state index in [2.05, 4.69) is 5.32 Å². The first-order chi connectivity index (χ1) is 14.2. The molecule has 0 aromatic heterocycles. The van der Waals surface area contributed by atoms with Crippen LogP contribution in [0.1, 0.15) is 16.7 Å². The van der Waals surface area contributed by atoms with Crippen LogP contribution in [0.3, 0.4) is 0 Å². The van der Waals surface area contributed by atoms with Gasteiger partial charge >= 0.3 is 0 Å². The summed E-state index contributed by atoms with van der Waals surface area (Å²) in [6.07, 6.45) is 0. The third-order valence-corrected chi connectivity index (χ3v) is 4.99. The number of benzene rings is 2. The van der Waals surface area contributed by atoms with Crippen molar-refractivity contribution in [1.29, 1.82) is 0 Å². The smallest absolute Gasteiger partial charge is 0.277 e. The molecule has 0 aliphatic rings. The fourth-order valence-corrected chi connectivity index (χ4v) is 3.27. The average molecular weight is 415 g/mol. The molecule has 30 heavy (non-hydrogen) atoms. The molecule has 162 valence electrons. The number of carbonyl (C=O) groups is 2. The number of ether oxygens (including phenoxy) is 2. The van der Waals surface area contributed by atoms with Crippen LogP contribution in [0.4, 0.5) is 5.69 Å². The molecular formula is C23H32N3O4+. The molecule has 0 aliphatic heterocycles. The second kappa shape index (κ2) is 10.6. The largest absolute Gasteiger partial charge is 0.497 e. The lowest BCUT2D eigenvalue weighted by atomic mass is 10.1. The van der Waals surface area contributed by atoms with E-state index in [-0.39, 0.29) is 24.9 Å². The summed E-state index contributed by atoms with van der Waals surface area (Å²) in [6.45, 7) is 4.78. The summed E-state index contributed by atoms with van der Waals surface area (Å²) in [4.78, 5) is 27.5. The third kappa shape index (κ3) is 6.22. The zero-order valence-electron chi connectivity index (χ0n) is 18.7. The number of nitrogens with one attached hydrogen (secondary N) is 2. The Labute approximate surface area is 178 Å². The summed E-state index contributed by atoms with van der Waals surface area (Å²) in [5.41, 5.74) is 3.78. The molecule has 7 heteroatoms. The van der Waals surface area contributed by atoms with E-state index in [1.54, 1.807) is 21.3 Å². The summed E-state index contributed by atoms with van der Waals surface area (Å²) in [7, 11) is 6.80. The fraction of sp³-hybridized carbons (Fsp3) is 0.391. The van der Waals surface area contributed by atoms with E-state index in [0.29, 0.717) is 6.54 Å². The van der Waals surface area contributed by atoms with Crippen LogP contribution in [-0.2, 0) is 16.1 Å². The third-order valence-electron chi connectivity index (χ3n) is 4.99. The standard InChI is InChI=1S/C23H31N3O4/c1-16-8-7-9-17(2)23(16)24-21(27)14-26(4)22(28)15-25(3)13-18-10-11-19(29-5)12-20(18)30-6/h7-12H,13-15H2,1-6H3,(H,24,27)/p+1. The van der Waals surface area contributed by atoms with Crippen molar-refractivity contribution in [3.8, 4) is 11.5 Å². The van der Waals surface area contributed by atoms with E-state index < -0.39 is 0 Å². The minimum absolute atomic E-state index is 0.00570. The van der Waals surface area contributed by atoms with Crippen molar-refractivity contribution in [3.63, 3.8) is 0 Å². The van der Waals surface area contributed by atoms with E-state index >= 15 is 0 Å². The van der Waals surface area contributed by atoms with Gasteiger partial charge in [-0.15, -0.1) is 0 Å². The summed E-state index contributed by atoms with van der Waals surface area (Å²) >= 11 is 0. The van der Waals surface area contributed by atoms with Gasteiger partial charge in [0.15, 0.2) is 6.54 Å². The number of para-hydroxylation sites is 1. The maximum Gasteiger partial charge on any atom is 0.277 e. The summed E-state index contributed by atoms with van der Waals surface area (Å²) in [5, 5.41) is 2.92. The summed E-state index contributed by atoms with van der Waals surface area (Å²) < 4.78 is 10.6. The molecule has 0 heterocycles. The highest BCUT2D eigenvalue weighted by Gasteiger charge is 2.19. The lowest BCUT2D eigenvalue weighted by molar-refractivity contribution is -0.885. The van der Waals surface area contributed by atoms with Crippen LogP contribution >= 0.6 is 0 Å². The Bertz CT molecular complexity index is 878. The predicted octanol–water partition coefficient (Wildman–Crippen LogP) is 1.43. The van der Waals surface area contributed by atoms with E-state index in [1.807, 2.05) is 57.3 Å². The van der Waals surface area contributed by atoms with Gasteiger partial charge in [0.1, 0.15) is 18.0 Å².